The Hall–Kier alpha value is -3.32. The minimum Gasteiger partial charge on any atom is -0.507 e. The Kier molecular flexibility index (Phi) is 7.69. The molecule has 192 valence electrons. The number of rotatable bonds is 9. The van der Waals surface area contributed by atoms with Crippen molar-refractivity contribution in [3.05, 3.63) is 64.7 Å². The summed E-state index contributed by atoms with van der Waals surface area (Å²) in [6.45, 7) is 9.38. The van der Waals surface area contributed by atoms with E-state index in [1.54, 1.807) is 11.0 Å². The Balaban J connectivity index is 1.73. The molecule has 1 saturated heterocycles. The van der Waals surface area contributed by atoms with Crippen molar-refractivity contribution in [2.45, 2.75) is 45.8 Å². The molecule has 0 unspecified atom stereocenters. The van der Waals surface area contributed by atoms with Crippen molar-refractivity contribution < 1.29 is 19.4 Å². The standard InChI is InChI=1S/C29H37N3O4/c1-6-31(7-2)15-8-16-32-26(20-9-12-23(13-10-20)30(4)5)25(28(34)29(32)35)27(33)21-11-14-24-22(18-21)17-19(3)36-24/h9-14,18-19,26,33H,6-8,15-17H2,1-5H3/b27-25+/t19-,26+/m1/s1. The molecule has 7 heteroatoms. The minimum atomic E-state index is -0.638. The van der Waals surface area contributed by atoms with Gasteiger partial charge in [-0.25, -0.2) is 0 Å². The van der Waals surface area contributed by atoms with Gasteiger partial charge in [0.1, 0.15) is 17.6 Å². The fourth-order valence-electron chi connectivity index (χ4n) is 5.14. The van der Waals surface area contributed by atoms with E-state index >= 15 is 0 Å². The summed E-state index contributed by atoms with van der Waals surface area (Å²) >= 11 is 0. The van der Waals surface area contributed by atoms with Crippen molar-refractivity contribution in [3.63, 3.8) is 0 Å². The van der Waals surface area contributed by atoms with E-state index in [0.717, 1.165) is 55.0 Å². The molecule has 0 aromatic heterocycles. The second kappa shape index (κ2) is 10.7. The minimum absolute atomic E-state index is 0.0731. The average molecular weight is 492 g/mol. The second-order valence-electron chi connectivity index (χ2n) is 9.81. The fraction of sp³-hybridized carbons (Fsp3) is 0.448. The lowest BCUT2D eigenvalue weighted by Crippen LogP contribution is -2.33. The zero-order valence-corrected chi connectivity index (χ0v) is 22.0. The summed E-state index contributed by atoms with van der Waals surface area (Å²) in [7, 11) is 3.93. The van der Waals surface area contributed by atoms with Crippen molar-refractivity contribution in [3.8, 4) is 5.75 Å². The van der Waals surface area contributed by atoms with Crippen LogP contribution in [0.4, 0.5) is 5.69 Å². The van der Waals surface area contributed by atoms with Crippen LogP contribution in [0.1, 0.15) is 49.9 Å². The van der Waals surface area contributed by atoms with Gasteiger partial charge in [-0.2, -0.15) is 0 Å². The lowest BCUT2D eigenvalue weighted by Gasteiger charge is -2.27. The van der Waals surface area contributed by atoms with E-state index in [1.807, 2.05) is 62.3 Å². The first-order chi connectivity index (χ1) is 17.2. The van der Waals surface area contributed by atoms with Crippen LogP contribution in [-0.2, 0) is 16.0 Å². The Morgan fingerprint density at radius 3 is 2.42 bits per heavy atom. The highest BCUT2D eigenvalue weighted by atomic mass is 16.5. The van der Waals surface area contributed by atoms with Crippen LogP contribution in [0.3, 0.4) is 0 Å². The van der Waals surface area contributed by atoms with E-state index in [-0.39, 0.29) is 17.4 Å². The highest BCUT2D eigenvalue weighted by Crippen LogP contribution is 2.41. The van der Waals surface area contributed by atoms with Crippen LogP contribution in [0.5, 0.6) is 5.75 Å². The summed E-state index contributed by atoms with van der Waals surface area (Å²) in [5.74, 6) is -0.534. The summed E-state index contributed by atoms with van der Waals surface area (Å²) in [4.78, 5) is 32.5. The summed E-state index contributed by atoms with van der Waals surface area (Å²) < 4.78 is 5.79. The van der Waals surface area contributed by atoms with E-state index in [2.05, 4.69) is 18.7 Å². The first-order valence-corrected chi connectivity index (χ1v) is 12.8. The number of ether oxygens (including phenoxy) is 1. The third-order valence-corrected chi connectivity index (χ3v) is 7.20. The predicted molar refractivity (Wildman–Crippen MR) is 142 cm³/mol. The van der Waals surface area contributed by atoms with Gasteiger partial charge in [-0.1, -0.05) is 26.0 Å². The molecule has 1 fully saturated rings. The van der Waals surface area contributed by atoms with Gasteiger partial charge in [-0.3, -0.25) is 9.59 Å². The summed E-state index contributed by atoms with van der Waals surface area (Å²) in [5, 5.41) is 11.4. The second-order valence-corrected chi connectivity index (χ2v) is 9.81. The molecule has 1 N–H and O–H groups in total. The fourth-order valence-corrected chi connectivity index (χ4v) is 5.14. The molecule has 2 aromatic rings. The molecule has 2 aromatic carbocycles. The Labute approximate surface area is 214 Å². The topological polar surface area (TPSA) is 73.3 Å². The van der Waals surface area contributed by atoms with Crippen molar-refractivity contribution in [2.24, 2.45) is 0 Å². The quantitative estimate of drug-likeness (QED) is 0.322. The smallest absolute Gasteiger partial charge is 0.295 e. The number of aliphatic hydroxyl groups is 1. The number of aliphatic hydroxyl groups excluding tert-OH is 1. The van der Waals surface area contributed by atoms with Crippen LogP contribution in [0.15, 0.2) is 48.0 Å². The lowest BCUT2D eigenvalue weighted by atomic mass is 9.94. The first-order valence-electron chi connectivity index (χ1n) is 12.8. The largest absolute Gasteiger partial charge is 0.507 e. The van der Waals surface area contributed by atoms with Gasteiger partial charge in [0.2, 0.25) is 0 Å². The maximum absolute atomic E-state index is 13.3. The number of benzene rings is 2. The Morgan fingerprint density at radius 1 is 1.08 bits per heavy atom. The number of Topliss-reactive ketones (excluding diaryl/α,β-unsaturated/α-hetero) is 1. The Morgan fingerprint density at radius 2 is 1.78 bits per heavy atom. The van der Waals surface area contributed by atoms with Gasteiger partial charge >= 0.3 is 0 Å². The number of hydrogen-bond acceptors (Lipinski definition) is 6. The number of carbonyl (C=O) groups excluding carboxylic acids is 2. The van der Waals surface area contributed by atoms with E-state index in [1.165, 1.54) is 0 Å². The van der Waals surface area contributed by atoms with Gasteiger partial charge in [0.25, 0.3) is 11.7 Å². The van der Waals surface area contributed by atoms with Crippen molar-refractivity contribution in [1.29, 1.82) is 0 Å². The van der Waals surface area contributed by atoms with Crippen LogP contribution in [-0.4, -0.2) is 73.0 Å². The van der Waals surface area contributed by atoms with Gasteiger partial charge in [0.05, 0.1) is 11.6 Å². The summed E-state index contributed by atoms with van der Waals surface area (Å²) in [6, 6.07) is 12.6. The number of ketones is 1. The number of likely N-dealkylation sites (tertiary alicyclic amines) is 1. The molecule has 2 aliphatic heterocycles. The average Bonchev–Trinajstić information content (AvgIpc) is 3.37. The number of fused-ring (bicyclic) bond motifs is 1. The van der Waals surface area contributed by atoms with Crippen LogP contribution in [0, 0.1) is 0 Å². The third kappa shape index (κ3) is 4.98. The van der Waals surface area contributed by atoms with Gasteiger partial charge in [0.15, 0.2) is 0 Å². The molecule has 36 heavy (non-hydrogen) atoms. The molecule has 1 amide bonds. The van der Waals surface area contributed by atoms with Crippen LogP contribution < -0.4 is 9.64 Å². The summed E-state index contributed by atoms with van der Waals surface area (Å²) in [6.07, 6.45) is 1.56. The lowest BCUT2D eigenvalue weighted by molar-refractivity contribution is -0.140. The molecule has 2 aliphatic rings. The van der Waals surface area contributed by atoms with Crippen molar-refractivity contribution in [1.82, 2.24) is 9.80 Å². The third-order valence-electron chi connectivity index (χ3n) is 7.20. The summed E-state index contributed by atoms with van der Waals surface area (Å²) in [5.41, 5.74) is 3.49. The van der Waals surface area contributed by atoms with Gasteiger partial charge in [-0.15, -0.1) is 0 Å². The van der Waals surface area contributed by atoms with E-state index in [0.29, 0.717) is 12.1 Å². The highest BCUT2D eigenvalue weighted by molar-refractivity contribution is 6.46. The molecule has 4 rings (SSSR count). The van der Waals surface area contributed by atoms with Gasteiger partial charge in [-0.05, 0) is 74.4 Å². The molecular formula is C29H37N3O4. The first kappa shape index (κ1) is 25.8. The highest BCUT2D eigenvalue weighted by Gasteiger charge is 2.45. The van der Waals surface area contributed by atoms with E-state index < -0.39 is 17.7 Å². The monoisotopic (exact) mass is 491 g/mol. The SMILES string of the molecule is CCN(CC)CCCN1C(=O)C(=O)/C(=C(/O)c2ccc3c(c2)C[C@@H](C)O3)[C@@H]1c1ccc(N(C)C)cc1. The molecule has 0 bridgehead atoms. The predicted octanol–water partition coefficient (Wildman–Crippen LogP) is 4.23. The zero-order valence-electron chi connectivity index (χ0n) is 22.0. The van der Waals surface area contributed by atoms with Crippen LogP contribution in [0.25, 0.3) is 5.76 Å². The number of carbonyl (C=O) groups is 2. The molecule has 0 aliphatic carbocycles. The van der Waals surface area contributed by atoms with E-state index in [9.17, 15) is 14.7 Å². The van der Waals surface area contributed by atoms with E-state index in [4.69, 9.17) is 4.74 Å². The van der Waals surface area contributed by atoms with Crippen LogP contribution >= 0.6 is 0 Å². The molecule has 2 heterocycles. The number of amides is 1. The van der Waals surface area contributed by atoms with Gasteiger partial charge in [0, 0.05) is 38.3 Å². The normalized spacial score (nSPS) is 20.7. The van der Waals surface area contributed by atoms with Crippen molar-refractivity contribution in [2.75, 3.05) is 45.2 Å². The maximum Gasteiger partial charge on any atom is 0.295 e. The van der Waals surface area contributed by atoms with Gasteiger partial charge < -0.3 is 24.5 Å². The van der Waals surface area contributed by atoms with Crippen LogP contribution in [0.2, 0.25) is 0 Å². The number of nitrogens with zero attached hydrogens (tertiary/aromatic N) is 3. The number of hydrogen-bond donors (Lipinski definition) is 1. The molecule has 7 nitrogen and oxygen atoms in total. The molecule has 0 saturated carbocycles. The molecule has 0 radical (unpaired) electrons. The molecule has 2 atom stereocenters. The maximum atomic E-state index is 13.3. The Bertz CT molecular complexity index is 1150. The molecule has 0 spiro atoms. The van der Waals surface area contributed by atoms with Crippen molar-refractivity contribution >= 4 is 23.1 Å². The molecular weight excluding hydrogens is 454 g/mol. The number of anilines is 1. The zero-order chi connectivity index (χ0) is 26.0.